The highest BCUT2D eigenvalue weighted by molar-refractivity contribution is 6.01. The van der Waals surface area contributed by atoms with Crippen molar-refractivity contribution in [1.29, 1.82) is 0 Å². The molecule has 284 valence electrons. The number of nitrogens with zero attached hydrogens (tertiary/aromatic N) is 4. The molecule has 0 aromatic heterocycles. The molecular weight excluding hydrogens is 668 g/mol. The van der Waals surface area contributed by atoms with Crippen LogP contribution in [0.4, 0.5) is 0 Å². The number of rotatable bonds is 17. The summed E-state index contributed by atoms with van der Waals surface area (Å²) in [5.41, 5.74) is 8.63. The van der Waals surface area contributed by atoms with Crippen LogP contribution in [0.15, 0.2) is 72.8 Å². The van der Waals surface area contributed by atoms with Crippen LogP contribution < -0.4 is 11.1 Å². The zero-order valence-electron chi connectivity index (χ0n) is 31.7. The molecule has 4 unspecified atom stereocenters. The molecule has 0 bridgehead atoms. The van der Waals surface area contributed by atoms with Crippen LogP contribution in [-0.4, -0.2) is 106 Å². The Labute approximate surface area is 314 Å². The second-order valence-corrected chi connectivity index (χ2v) is 14.4. The molecule has 1 saturated heterocycles. The number of likely N-dealkylation sites (tertiary alicyclic amines) is 1. The maximum absolute atomic E-state index is 14.4. The highest BCUT2D eigenvalue weighted by Gasteiger charge is 2.44. The normalized spacial score (nSPS) is 19.2. The molecule has 2 heterocycles. The van der Waals surface area contributed by atoms with Crippen LogP contribution in [-0.2, 0) is 16.1 Å². The molecule has 0 aliphatic carbocycles. The maximum atomic E-state index is 14.4. The van der Waals surface area contributed by atoms with Gasteiger partial charge in [-0.3, -0.25) is 24.1 Å². The molecule has 2 aliphatic heterocycles. The molecule has 11 heteroatoms. The van der Waals surface area contributed by atoms with Gasteiger partial charge in [-0.25, -0.2) is 0 Å². The van der Waals surface area contributed by atoms with E-state index in [1.807, 2.05) is 37.3 Å². The van der Waals surface area contributed by atoms with E-state index in [0.717, 1.165) is 69.5 Å². The van der Waals surface area contributed by atoms with Crippen molar-refractivity contribution in [3.8, 4) is 5.75 Å². The lowest BCUT2D eigenvalue weighted by atomic mass is 9.78. The van der Waals surface area contributed by atoms with E-state index in [1.54, 1.807) is 47.4 Å². The lowest BCUT2D eigenvalue weighted by Crippen LogP contribution is -2.48. The first kappa shape index (κ1) is 39.5. The number of fused-ring (bicyclic) bond motifs is 1. The highest BCUT2D eigenvalue weighted by Crippen LogP contribution is 2.44. The Bertz CT molecular complexity index is 1710. The van der Waals surface area contributed by atoms with Crippen LogP contribution >= 0.6 is 0 Å². The van der Waals surface area contributed by atoms with Crippen LogP contribution in [0.2, 0.25) is 0 Å². The third-order valence-corrected chi connectivity index (χ3v) is 10.9. The van der Waals surface area contributed by atoms with E-state index >= 15 is 0 Å². The molecule has 2 aliphatic rings. The Morgan fingerprint density at radius 3 is 2.34 bits per heavy atom. The number of amides is 4. The predicted octanol–water partition coefficient (Wildman–Crippen LogP) is 4.91. The SMILES string of the molecule is CCN(CC)CCCC(C)NC(=O)C1c2ccccc2C(=O)N(Cc2ccc(C(=O)N(CC(N)=O)CC3CCCN3CC)cc2)C1c1ccc(O)cc1. The van der Waals surface area contributed by atoms with Crippen molar-refractivity contribution in [1.82, 2.24) is 24.9 Å². The summed E-state index contributed by atoms with van der Waals surface area (Å²) in [5.74, 6) is -1.83. The molecule has 4 amide bonds. The fourth-order valence-electron chi connectivity index (χ4n) is 7.97. The van der Waals surface area contributed by atoms with E-state index in [2.05, 4.69) is 35.9 Å². The number of benzene rings is 3. The molecule has 0 spiro atoms. The van der Waals surface area contributed by atoms with Crippen molar-refractivity contribution in [2.75, 3.05) is 45.8 Å². The maximum Gasteiger partial charge on any atom is 0.255 e. The van der Waals surface area contributed by atoms with Gasteiger partial charge in [0.15, 0.2) is 0 Å². The van der Waals surface area contributed by atoms with Gasteiger partial charge in [-0.1, -0.05) is 63.2 Å². The van der Waals surface area contributed by atoms with E-state index in [4.69, 9.17) is 5.73 Å². The molecular formula is C42H56N6O5. The summed E-state index contributed by atoms with van der Waals surface area (Å²) < 4.78 is 0. The first-order valence-electron chi connectivity index (χ1n) is 19.2. The average Bonchev–Trinajstić information content (AvgIpc) is 3.61. The molecule has 5 rings (SSSR count). The van der Waals surface area contributed by atoms with Crippen molar-refractivity contribution in [3.63, 3.8) is 0 Å². The van der Waals surface area contributed by atoms with Crippen molar-refractivity contribution in [2.45, 2.75) is 84.0 Å². The minimum atomic E-state index is -0.708. The third-order valence-electron chi connectivity index (χ3n) is 10.9. The van der Waals surface area contributed by atoms with Gasteiger partial charge >= 0.3 is 0 Å². The predicted molar refractivity (Wildman–Crippen MR) is 206 cm³/mol. The number of likely N-dealkylation sites (N-methyl/N-ethyl adjacent to an activating group) is 1. The van der Waals surface area contributed by atoms with E-state index in [9.17, 15) is 24.3 Å². The summed E-state index contributed by atoms with van der Waals surface area (Å²) in [4.78, 5) is 62.4. The van der Waals surface area contributed by atoms with Crippen LogP contribution in [0.1, 0.15) is 103 Å². The van der Waals surface area contributed by atoms with Gasteiger partial charge in [0.1, 0.15) is 5.75 Å². The van der Waals surface area contributed by atoms with E-state index in [1.165, 1.54) is 4.90 Å². The number of nitrogens with two attached hydrogens (primary N) is 1. The number of phenols is 1. The van der Waals surface area contributed by atoms with Crippen LogP contribution in [0.3, 0.4) is 0 Å². The van der Waals surface area contributed by atoms with Crippen LogP contribution in [0, 0.1) is 0 Å². The molecule has 0 radical (unpaired) electrons. The minimum Gasteiger partial charge on any atom is -0.508 e. The Morgan fingerprint density at radius 1 is 0.981 bits per heavy atom. The fourth-order valence-corrected chi connectivity index (χ4v) is 7.97. The van der Waals surface area contributed by atoms with E-state index < -0.39 is 17.9 Å². The summed E-state index contributed by atoms with van der Waals surface area (Å²) in [7, 11) is 0. The topological polar surface area (TPSA) is 140 Å². The first-order valence-corrected chi connectivity index (χ1v) is 19.2. The molecule has 0 saturated carbocycles. The summed E-state index contributed by atoms with van der Waals surface area (Å²) >= 11 is 0. The van der Waals surface area contributed by atoms with Gasteiger partial charge in [-0.2, -0.15) is 0 Å². The van der Waals surface area contributed by atoms with Gasteiger partial charge < -0.3 is 30.9 Å². The number of carbonyl (C=O) groups excluding carboxylic acids is 4. The lowest BCUT2D eigenvalue weighted by Gasteiger charge is -2.42. The molecule has 4 N–H and O–H groups in total. The Morgan fingerprint density at radius 2 is 1.68 bits per heavy atom. The number of primary amides is 1. The Hall–Kier alpha value is -4.74. The van der Waals surface area contributed by atoms with Crippen molar-refractivity contribution in [2.24, 2.45) is 5.73 Å². The zero-order valence-corrected chi connectivity index (χ0v) is 31.7. The van der Waals surface area contributed by atoms with Crippen LogP contribution in [0.5, 0.6) is 5.75 Å². The van der Waals surface area contributed by atoms with Gasteiger partial charge in [-0.15, -0.1) is 0 Å². The van der Waals surface area contributed by atoms with Gasteiger partial charge in [0.05, 0.1) is 18.5 Å². The quantitative estimate of drug-likeness (QED) is 0.180. The molecule has 53 heavy (non-hydrogen) atoms. The van der Waals surface area contributed by atoms with Crippen molar-refractivity contribution >= 4 is 23.6 Å². The van der Waals surface area contributed by atoms with Gasteiger partial charge in [0.25, 0.3) is 11.8 Å². The minimum absolute atomic E-state index is 0.0744. The molecule has 3 aromatic carbocycles. The molecule has 4 atom stereocenters. The van der Waals surface area contributed by atoms with Gasteiger partial charge in [0.2, 0.25) is 11.8 Å². The van der Waals surface area contributed by atoms with E-state index in [-0.39, 0.29) is 48.6 Å². The monoisotopic (exact) mass is 724 g/mol. The summed E-state index contributed by atoms with van der Waals surface area (Å²) in [6.07, 6.45) is 3.78. The molecule has 11 nitrogen and oxygen atoms in total. The number of carbonyl (C=O) groups is 4. The fraction of sp³-hybridized carbons (Fsp3) is 0.476. The van der Waals surface area contributed by atoms with Crippen LogP contribution in [0.25, 0.3) is 0 Å². The van der Waals surface area contributed by atoms with Crippen molar-refractivity contribution in [3.05, 3.63) is 101 Å². The second kappa shape index (κ2) is 18.3. The molecule has 3 aromatic rings. The number of aromatic hydroxyl groups is 1. The number of nitrogens with one attached hydrogen (secondary N) is 1. The van der Waals surface area contributed by atoms with Crippen molar-refractivity contribution < 1.29 is 24.3 Å². The van der Waals surface area contributed by atoms with Gasteiger partial charge in [-0.05, 0) is 112 Å². The third kappa shape index (κ3) is 9.63. The highest BCUT2D eigenvalue weighted by atomic mass is 16.3. The van der Waals surface area contributed by atoms with Gasteiger partial charge in [0, 0.05) is 36.3 Å². The lowest BCUT2D eigenvalue weighted by molar-refractivity contribution is -0.125. The second-order valence-electron chi connectivity index (χ2n) is 14.4. The number of hydrogen-bond acceptors (Lipinski definition) is 7. The molecule has 1 fully saturated rings. The van der Waals surface area contributed by atoms with E-state index in [0.29, 0.717) is 23.2 Å². The number of phenolic OH excluding ortho intramolecular Hbond substituents is 1. The largest absolute Gasteiger partial charge is 0.508 e. The summed E-state index contributed by atoms with van der Waals surface area (Å²) in [6, 6.07) is 20.5. The average molecular weight is 725 g/mol. The Balaban J connectivity index is 1.41. The summed E-state index contributed by atoms with van der Waals surface area (Å²) in [5, 5.41) is 13.4. The zero-order chi connectivity index (χ0) is 38.1. The standard InChI is InChI=1S/C42H56N6O5/c1-5-45(6-2)24-10-12-29(4)44-40(51)38-35-14-8-9-15-36(35)42(53)48(39(38)31-20-22-34(49)23-21-31)26-30-16-18-32(19-17-30)41(52)47(28-37(43)50)27-33-13-11-25-46(33)7-3/h8-9,14-23,29,33,38-39,49H,5-7,10-13,24-28H2,1-4H3,(H2,43,50)(H,44,51). The number of hydrogen-bond donors (Lipinski definition) is 3. The summed E-state index contributed by atoms with van der Waals surface area (Å²) in [6.45, 7) is 13.6. The Kier molecular flexibility index (Phi) is 13.7. The smallest absolute Gasteiger partial charge is 0.255 e. The first-order chi connectivity index (χ1) is 25.5.